The molecule has 0 aliphatic carbocycles. The molecule has 0 aromatic heterocycles. The predicted octanol–water partition coefficient (Wildman–Crippen LogP) is 2.04. The predicted molar refractivity (Wildman–Crippen MR) is 69.6 cm³/mol. The number of hydrogen-bond acceptors (Lipinski definition) is 2. The average molecular weight is 253 g/mol. The zero-order chi connectivity index (χ0) is 12.4. The largest absolute Gasteiger partial charge is 0.336 e. The van der Waals surface area contributed by atoms with E-state index in [0.717, 1.165) is 37.3 Å². The quantitative estimate of drug-likeness (QED) is 0.764. The highest BCUT2D eigenvalue weighted by Crippen LogP contribution is 2.17. The number of aryl methyl sites for hydroxylation is 1. The first kappa shape index (κ1) is 12.4. The summed E-state index contributed by atoms with van der Waals surface area (Å²) in [7, 11) is 2.08. The molecule has 1 aromatic carbocycles. The molecule has 92 valence electrons. The number of hydrogen-bond donors (Lipinski definition) is 0. The molecular formula is C13H17ClN2O. The van der Waals surface area contributed by atoms with Gasteiger partial charge in [0.15, 0.2) is 0 Å². The highest BCUT2D eigenvalue weighted by molar-refractivity contribution is 6.31. The van der Waals surface area contributed by atoms with Crippen LogP contribution in [-0.2, 0) is 0 Å². The normalized spacial score (nSPS) is 17.2. The van der Waals surface area contributed by atoms with Gasteiger partial charge in [-0.3, -0.25) is 4.79 Å². The summed E-state index contributed by atoms with van der Waals surface area (Å²) in [5, 5.41) is 0.619. The Labute approximate surface area is 107 Å². The molecule has 0 atom stereocenters. The van der Waals surface area contributed by atoms with Crippen LogP contribution in [0.5, 0.6) is 0 Å². The van der Waals surface area contributed by atoms with Crippen LogP contribution in [0.4, 0.5) is 0 Å². The second-order valence-corrected chi connectivity index (χ2v) is 4.99. The van der Waals surface area contributed by atoms with Crippen LogP contribution in [0, 0.1) is 6.92 Å². The van der Waals surface area contributed by atoms with Gasteiger partial charge in [0.05, 0.1) is 0 Å². The highest BCUT2D eigenvalue weighted by Gasteiger charge is 2.21. The molecule has 0 bridgehead atoms. The number of piperazine rings is 1. The van der Waals surface area contributed by atoms with Crippen molar-refractivity contribution >= 4 is 17.5 Å². The molecular weight excluding hydrogens is 236 g/mol. The van der Waals surface area contributed by atoms with Crippen molar-refractivity contribution in [1.82, 2.24) is 9.80 Å². The van der Waals surface area contributed by atoms with E-state index in [1.807, 2.05) is 24.0 Å². The molecule has 0 spiro atoms. The molecule has 1 aromatic rings. The van der Waals surface area contributed by atoms with Gasteiger partial charge in [-0.25, -0.2) is 0 Å². The van der Waals surface area contributed by atoms with Crippen molar-refractivity contribution < 1.29 is 4.79 Å². The summed E-state index contributed by atoms with van der Waals surface area (Å²) < 4.78 is 0. The lowest BCUT2D eigenvalue weighted by molar-refractivity contribution is 0.0663. The Bertz CT molecular complexity index is 425. The molecule has 0 unspecified atom stereocenters. The monoisotopic (exact) mass is 252 g/mol. The third kappa shape index (κ3) is 2.79. The standard InChI is InChI=1S/C13H17ClN2O/c1-10-3-4-11(14)9-12(10)13(17)16-7-5-15(2)6-8-16/h3-4,9H,5-8H2,1-2H3. The topological polar surface area (TPSA) is 23.6 Å². The maximum absolute atomic E-state index is 12.3. The Kier molecular flexibility index (Phi) is 3.69. The first-order valence-electron chi connectivity index (χ1n) is 5.82. The lowest BCUT2D eigenvalue weighted by atomic mass is 10.1. The number of halogens is 1. The third-order valence-corrected chi connectivity index (χ3v) is 3.46. The summed E-state index contributed by atoms with van der Waals surface area (Å²) in [4.78, 5) is 16.5. The van der Waals surface area contributed by atoms with Crippen molar-refractivity contribution in [3.63, 3.8) is 0 Å². The van der Waals surface area contributed by atoms with Gasteiger partial charge in [-0.2, -0.15) is 0 Å². The van der Waals surface area contributed by atoms with E-state index in [1.54, 1.807) is 6.07 Å². The van der Waals surface area contributed by atoms with Gasteiger partial charge in [-0.15, -0.1) is 0 Å². The minimum Gasteiger partial charge on any atom is -0.336 e. The summed E-state index contributed by atoms with van der Waals surface area (Å²) in [6.07, 6.45) is 0. The molecule has 0 radical (unpaired) electrons. The number of amides is 1. The second kappa shape index (κ2) is 5.07. The summed E-state index contributed by atoms with van der Waals surface area (Å²) >= 11 is 5.94. The summed E-state index contributed by atoms with van der Waals surface area (Å²) in [6, 6.07) is 5.47. The van der Waals surface area contributed by atoms with Crippen LogP contribution in [0.3, 0.4) is 0 Å². The maximum atomic E-state index is 12.3. The minimum atomic E-state index is 0.0955. The summed E-state index contributed by atoms with van der Waals surface area (Å²) in [5.74, 6) is 0.0955. The van der Waals surface area contributed by atoms with Gasteiger partial charge < -0.3 is 9.80 Å². The number of rotatable bonds is 1. The molecule has 1 heterocycles. The van der Waals surface area contributed by atoms with Crippen LogP contribution in [0.2, 0.25) is 5.02 Å². The summed E-state index contributed by atoms with van der Waals surface area (Å²) in [5.41, 5.74) is 1.71. The van der Waals surface area contributed by atoms with Crippen LogP contribution in [0.1, 0.15) is 15.9 Å². The van der Waals surface area contributed by atoms with E-state index < -0.39 is 0 Å². The van der Waals surface area contributed by atoms with E-state index in [0.29, 0.717) is 5.02 Å². The van der Waals surface area contributed by atoms with Crippen molar-refractivity contribution in [3.8, 4) is 0 Å². The van der Waals surface area contributed by atoms with Gasteiger partial charge in [0.25, 0.3) is 5.91 Å². The van der Waals surface area contributed by atoms with E-state index in [9.17, 15) is 4.79 Å². The number of benzene rings is 1. The van der Waals surface area contributed by atoms with Crippen molar-refractivity contribution in [1.29, 1.82) is 0 Å². The number of nitrogens with zero attached hydrogens (tertiary/aromatic N) is 2. The zero-order valence-electron chi connectivity index (χ0n) is 10.2. The van der Waals surface area contributed by atoms with E-state index in [2.05, 4.69) is 11.9 Å². The van der Waals surface area contributed by atoms with E-state index in [1.165, 1.54) is 0 Å². The molecule has 0 N–H and O–H groups in total. The molecule has 17 heavy (non-hydrogen) atoms. The van der Waals surface area contributed by atoms with Crippen LogP contribution in [0.15, 0.2) is 18.2 Å². The smallest absolute Gasteiger partial charge is 0.254 e. The van der Waals surface area contributed by atoms with Gasteiger partial charge in [0.2, 0.25) is 0 Å². The van der Waals surface area contributed by atoms with Gasteiger partial charge in [-0.1, -0.05) is 17.7 Å². The Morgan fingerprint density at radius 3 is 2.53 bits per heavy atom. The van der Waals surface area contributed by atoms with Crippen LogP contribution >= 0.6 is 11.6 Å². The second-order valence-electron chi connectivity index (χ2n) is 4.55. The molecule has 1 aliphatic heterocycles. The fraction of sp³-hybridized carbons (Fsp3) is 0.462. The Morgan fingerprint density at radius 2 is 1.88 bits per heavy atom. The van der Waals surface area contributed by atoms with Crippen LogP contribution in [0.25, 0.3) is 0 Å². The van der Waals surface area contributed by atoms with Crippen molar-refractivity contribution in [2.24, 2.45) is 0 Å². The lowest BCUT2D eigenvalue weighted by Crippen LogP contribution is -2.47. The van der Waals surface area contributed by atoms with E-state index in [4.69, 9.17) is 11.6 Å². The maximum Gasteiger partial charge on any atom is 0.254 e. The van der Waals surface area contributed by atoms with Crippen LogP contribution < -0.4 is 0 Å². The molecule has 1 aliphatic rings. The first-order chi connectivity index (χ1) is 8.08. The fourth-order valence-corrected chi connectivity index (χ4v) is 2.18. The Morgan fingerprint density at radius 1 is 1.24 bits per heavy atom. The molecule has 2 rings (SSSR count). The first-order valence-corrected chi connectivity index (χ1v) is 6.19. The van der Waals surface area contributed by atoms with E-state index >= 15 is 0 Å². The summed E-state index contributed by atoms with van der Waals surface area (Å²) in [6.45, 7) is 5.40. The average Bonchev–Trinajstić information content (AvgIpc) is 2.32. The number of likely N-dealkylation sites (N-methyl/N-ethyl adjacent to an activating group) is 1. The lowest BCUT2D eigenvalue weighted by Gasteiger charge is -2.32. The third-order valence-electron chi connectivity index (χ3n) is 3.22. The van der Waals surface area contributed by atoms with Gasteiger partial charge in [0.1, 0.15) is 0 Å². The molecule has 1 amide bonds. The van der Waals surface area contributed by atoms with Crippen molar-refractivity contribution in [3.05, 3.63) is 34.3 Å². The van der Waals surface area contributed by atoms with Crippen molar-refractivity contribution in [2.75, 3.05) is 33.2 Å². The Hall–Kier alpha value is -1.06. The number of carbonyl (C=O) groups excluding carboxylic acids is 1. The SMILES string of the molecule is Cc1ccc(Cl)cc1C(=O)N1CCN(C)CC1. The van der Waals surface area contributed by atoms with Gasteiger partial charge in [0, 0.05) is 36.8 Å². The van der Waals surface area contributed by atoms with Crippen molar-refractivity contribution in [2.45, 2.75) is 6.92 Å². The molecule has 0 saturated carbocycles. The highest BCUT2D eigenvalue weighted by atomic mass is 35.5. The zero-order valence-corrected chi connectivity index (χ0v) is 11.0. The number of carbonyl (C=O) groups is 1. The molecule has 1 fully saturated rings. The van der Waals surface area contributed by atoms with Gasteiger partial charge >= 0.3 is 0 Å². The Balaban J connectivity index is 2.16. The van der Waals surface area contributed by atoms with Crippen LogP contribution in [-0.4, -0.2) is 48.9 Å². The fourth-order valence-electron chi connectivity index (χ4n) is 2.00. The van der Waals surface area contributed by atoms with E-state index in [-0.39, 0.29) is 5.91 Å². The molecule has 4 heteroatoms. The molecule has 1 saturated heterocycles. The van der Waals surface area contributed by atoms with Gasteiger partial charge in [-0.05, 0) is 31.7 Å². The minimum absolute atomic E-state index is 0.0955. The molecule has 3 nitrogen and oxygen atoms in total.